The Hall–Kier alpha value is -7.94. The van der Waals surface area contributed by atoms with Crippen molar-refractivity contribution in [3.05, 3.63) is 224 Å². The fourth-order valence-corrected chi connectivity index (χ4v) is 8.95. The predicted octanol–water partition coefficient (Wildman–Crippen LogP) is 16.7. The summed E-state index contributed by atoms with van der Waals surface area (Å²) in [5.41, 5.74) is 8.20. The van der Waals surface area contributed by atoms with Crippen molar-refractivity contribution in [1.82, 2.24) is 0 Å². The third-order valence-electron chi connectivity index (χ3n) is 11.9. The van der Waals surface area contributed by atoms with Crippen LogP contribution in [0.3, 0.4) is 0 Å². The van der Waals surface area contributed by atoms with Crippen LogP contribution in [0.1, 0.15) is 5.48 Å². The quantitative estimate of drug-likeness (QED) is 0.157. The summed E-state index contributed by atoms with van der Waals surface area (Å²) in [6, 6.07) is 67.3. The lowest BCUT2D eigenvalue weighted by atomic mass is 9.93. The molecule has 0 aliphatic rings. The molecule has 1 aromatic heterocycles. The fraction of sp³-hybridized carbons (Fsp3) is 0. The number of hydrogen-bond acceptors (Lipinski definition) is 2. The molecule has 0 radical (unpaired) electrons. The molecule has 0 bridgehead atoms. The minimum Gasteiger partial charge on any atom is -0.455 e. The summed E-state index contributed by atoms with van der Waals surface area (Å²) in [7, 11) is 0. The monoisotopic (exact) mass is 767 g/mol. The highest BCUT2D eigenvalue weighted by Gasteiger charge is 2.21. The van der Waals surface area contributed by atoms with Crippen molar-refractivity contribution in [1.29, 1.82) is 0 Å². The fourth-order valence-electron chi connectivity index (χ4n) is 8.95. The second-order valence-corrected chi connectivity index (χ2v) is 15.4. The minimum absolute atomic E-state index is 0.111. The van der Waals surface area contributed by atoms with E-state index in [2.05, 4.69) is 115 Å². The molecule has 60 heavy (non-hydrogen) atoms. The second-order valence-electron chi connectivity index (χ2n) is 15.4. The van der Waals surface area contributed by atoms with Crippen molar-refractivity contribution in [3.63, 3.8) is 0 Å². The first-order chi connectivity index (χ1) is 31.4. The Balaban J connectivity index is 1.04. The van der Waals surface area contributed by atoms with E-state index in [1.165, 1.54) is 10.8 Å². The normalized spacial score (nSPS) is 12.6. The standard InChI is InChI=1S/C58H37NO/c1-2-12-44-36-45(25-24-38(44)10-1)41-22-20-39(21-23-41)40-26-31-47(32-27-40)59(55-18-9-19-56-57(55)53-35-30-42-11-3-6-15-50(42)58(53)60-56)48-33-28-43(29-34-48)54-37-46-13-4-5-14-49(46)51-16-7-8-17-52(51)54/h1-37H/i28D,29D,33D,34D. The molecule has 11 aromatic carbocycles. The molecule has 12 aromatic rings. The molecule has 0 amide bonds. The summed E-state index contributed by atoms with van der Waals surface area (Å²) in [4.78, 5) is 1.88. The minimum atomic E-state index is -0.142. The maximum Gasteiger partial charge on any atom is 0.143 e. The van der Waals surface area contributed by atoms with Gasteiger partial charge in [0.25, 0.3) is 0 Å². The molecule has 0 unspecified atom stereocenters. The van der Waals surface area contributed by atoms with Gasteiger partial charge < -0.3 is 9.32 Å². The predicted molar refractivity (Wildman–Crippen MR) is 255 cm³/mol. The summed E-state index contributed by atoms with van der Waals surface area (Å²) in [6.07, 6.45) is 0. The van der Waals surface area contributed by atoms with Gasteiger partial charge in [-0.25, -0.2) is 0 Å². The lowest BCUT2D eigenvalue weighted by Gasteiger charge is -2.27. The summed E-state index contributed by atoms with van der Waals surface area (Å²) in [5.74, 6) is 0. The molecule has 0 fully saturated rings. The smallest absolute Gasteiger partial charge is 0.143 e. The van der Waals surface area contributed by atoms with Crippen LogP contribution in [-0.2, 0) is 0 Å². The first-order valence-corrected chi connectivity index (χ1v) is 20.3. The highest BCUT2D eigenvalue weighted by Crippen LogP contribution is 2.45. The van der Waals surface area contributed by atoms with Crippen LogP contribution in [0.15, 0.2) is 229 Å². The summed E-state index contributed by atoms with van der Waals surface area (Å²) in [5, 5.41) is 10.1. The number of nitrogens with zero attached hydrogens (tertiary/aromatic N) is 1. The summed E-state index contributed by atoms with van der Waals surface area (Å²) < 4.78 is 45.7. The maximum absolute atomic E-state index is 9.82. The van der Waals surface area contributed by atoms with E-state index in [9.17, 15) is 5.48 Å². The van der Waals surface area contributed by atoms with Crippen molar-refractivity contribution in [2.45, 2.75) is 0 Å². The maximum atomic E-state index is 9.82. The average molecular weight is 768 g/mol. The molecule has 12 rings (SSSR count). The van der Waals surface area contributed by atoms with Gasteiger partial charge in [0.05, 0.1) is 16.6 Å². The zero-order chi connectivity index (χ0) is 43.1. The van der Waals surface area contributed by atoms with Gasteiger partial charge in [-0.3, -0.25) is 0 Å². The molecular weight excluding hydrogens is 727 g/mol. The van der Waals surface area contributed by atoms with Crippen molar-refractivity contribution >= 4 is 82.1 Å². The van der Waals surface area contributed by atoms with Crippen LogP contribution in [0.2, 0.25) is 0 Å². The van der Waals surface area contributed by atoms with Gasteiger partial charge in [0.15, 0.2) is 0 Å². The largest absolute Gasteiger partial charge is 0.455 e. The highest BCUT2D eigenvalue weighted by molar-refractivity contribution is 6.20. The lowest BCUT2D eigenvalue weighted by Crippen LogP contribution is -2.10. The molecule has 2 nitrogen and oxygen atoms in total. The number of rotatable bonds is 6. The zero-order valence-electron chi connectivity index (χ0n) is 36.4. The number of benzene rings is 11. The van der Waals surface area contributed by atoms with E-state index in [0.717, 1.165) is 70.9 Å². The van der Waals surface area contributed by atoms with Gasteiger partial charge in [0.1, 0.15) is 11.2 Å². The van der Waals surface area contributed by atoms with Crippen LogP contribution >= 0.6 is 0 Å². The summed E-state index contributed by atoms with van der Waals surface area (Å²) >= 11 is 0. The van der Waals surface area contributed by atoms with Gasteiger partial charge in [0, 0.05) is 22.1 Å². The summed E-state index contributed by atoms with van der Waals surface area (Å²) in [6.45, 7) is 0. The Kier molecular flexibility index (Phi) is 6.98. The molecule has 0 saturated heterocycles. The SMILES string of the molecule is [2H]c1c([2H])c(N(c2ccc(-c3ccc(-c4ccc5ccccc5c4)cc3)cc2)c2cccc3oc4c5ccccc5ccc4c23)c([2H])c([2H])c1-c1cc2ccccc2c2ccccc12. The van der Waals surface area contributed by atoms with E-state index in [1.807, 2.05) is 89.8 Å². The van der Waals surface area contributed by atoms with Crippen LogP contribution < -0.4 is 4.90 Å². The average Bonchev–Trinajstić information content (AvgIpc) is 3.75. The Labute approximate surface area is 353 Å². The molecule has 0 N–H and O–H groups in total. The van der Waals surface area contributed by atoms with Crippen LogP contribution in [0, 0.1) is 0 Å². The van der Waals surface area contributed by atoms with E-state index in [1.54, 1.807) is 0 Å². The molecule has 0 aliphatic carbocycles. The van der Waals surface area contributed by atoms with Gasteiger partial charge in [-0.2, -0.15) is 0 Å². The molecule has 0 aliphatic heterocycles. The van der Waals surface area contributed by atoms with Crippen LogP contribution in [-0.4, -0.2) is 0 Å². The van der Waals surface area contributed by atoms with Gasteiger partial charge in [-0.15, -0.1) is 0 Å². The van der Waals surface area contributed by atoms with Crippen molar-refractivity contribution in [2.75, 3.05) is 4.90 Å². The van der Waals surface area contributed by atoms with Crippen LogP contribution in [0.25, 0.3) is 98.4 Å². The number of fused-ring (bicyclic) bond motifs is 9. The van der Waals surface area contributed by atoms with Gasteiger partial charge in [-0.05, 0) is 126 Å². The molecule has 280 valence electrons. The molecule has 0 spiro atoms. The number of anilines is 3. The Morgan fingerprint density at radius 2 is 0.933 bits per heavy atom. The van der Waals surface area contributed by atoms with Crippen molar-refractivity contribution in [3.8, 4) is 33.4 Å². The third-order valence-corrected chi connectivity index (χ3v) is 11.9. The topological polar surface area (TPSA) is 16.4 Å². The molecular formula is C58H37NO. The molecule has 2 heteroatoms. The van der Waals surface area contributed by atoms with Crippen LogP contribution in [0.5, 0.6) is 0 Å². The molecule has 0 saturated carbocycles. The Morgan fingerprint density at radius 3 is 1.70 bits per heavy atom. The van der Waals surface area contributed by atoms with E-state index in [4.69, 9.17) is 4.42 Å². The first kappa shape index (κ1) is 30.2. The first-order valence-electron chi connectivity index (χ1n) is 22.3. The Bertz CT molecular complexity index is 3810. The molecule has 0 atom stereocenters. The number of furan rings is 1. The van der Waals surface area contributed by atoms with Crippen molar-refractivity contribution < 1.29 is 9.90 Å². The zero-order valence-corrected chi connectivity index (χ0v) is 32.4. The van der Waals surface area contributed by atoms with Gasteiger partial charge in [0.2, 0.25) is 0 Å². The van der Waals surface area contributed by atoms with Gasteiger partial charge in [-0.1, -0.05) is 170 Å². The third kappa shape index (κ3) is 5.65. The number of hydrogen-bond donors (Lipinski definition) is 0. The van der Waals surface area contributed by atoms with E-state index < -0.39 is 0 Å². The lowest BCUT2D eigenvalue weighted by molar-refractivity contribution is 0.672. The van der Waals surface area contributed by atoms with Crippen LogP contribution in [0.4, 0.5) is 17.1 Å². The van der Waals surface area contributed by atoms with Crippen molar-refractivity contribution in [2.24, 2.45) is 0 Å². The van der Waals surface area contributed by atoms with Gasteiger partial charge >= 0.3 is 0 Å². The highest BCUT2D eigenvalue weighted by atomic mass is 16.3. The van der Waals surface area contributed by atoms with E-state index in [0.29, 0.717) is 22.5 Å². The van der Waals surface area contributed by atoms with E-state index >= 15 is 0 Å². The Morgan fingerprint density at radius 1 is 0.350 bits per heavy atom. The van der Waals surface area contributed by atoms with E-state index in [-0.39, 0.29) is 35.4 Å². The second kappa shape index (κ2) is 13.9. The molecule has 1 heterocycles.